The van der Waals surface area contributed by atoms with Gasteiger partial charge in [-0.25, -0.2) is 4.79 Å². The smallest absolute Gasteiger partial charge is 0.339 e. The highest BCUT2D eigenvalue weighted by atomic mass is 16.6. The fourth-order valence-corrected chi connectivity index (χ4v) is 0.937. The Labute approximate surface area is 62.2 Å². The quantitative estimate of drug-likeness (QED) is 0.472. The summed E-state index contributed by atoms with van der Waals surface area (Å²) in [7, 11) is 0. The Bertz CT molecular complexity index is 346. The van der Waals surface area contributed by atoms with E-state index in [9.17, 15) is 4.79 Å². The number of fused-ring (bicyclic) bond motifs is 1. The van der Waals surface area contributed by atoms with Crippen LogP contribution in [0, 0.1) is 0 Å². The number of aromatic carboxylic acids is 1. The molecule has 4 nitrogen and oxygen atoms in total. The summed E-state index contributed by atoms with van der Waals surface area (Å²) in [5, 5.41) is 8.57. The van der Waals surface area contributed by atoms with Crippen molar-refractivity contribution >= 4 is 11.7 Å². The lowest BCUT2D eigenvalue weighted by Gasteiger charge is -1.87. The van der Waals surface area contributed by atoms with Gasteiger partial charge in [0.05, 0.1) is 5.69 Å². The van der Waals surface area contributed by atoms with Crippen LogP contribution in [-0.2, 0) is 0 Å². The van der Waals surface area contributed by atoms with Crippen LogP contribution < -0.4 is 10.5 Å². The molecule has 0 atom stereocenters. The number of hydrogen-bond donors (Lipinski definition) is 2. The minimum atomic E-state index is -0.987. The number of ether oxygens (including phenoxy) is 1. The largest absolute Gasteiger partial charge is 0.478 e. The predicted molar refractivity (Wildman–Crippen MR) is 37.9 cm³/mol. The van der Waals surface area contributed by atoms with Crippen LogP contribution in [0.15, 0.2) is 12.1 Å². The summed E-state index contributed by atoms with van der Waals surface area (Å²) < 4.78 is 4.85. The molecular formula is C7H5NO3. The van der Waals surface area contributed by atoms with E-state index < -0.39 is 5.97 Å². The molecule has 0 unspecified atom stereocenters. The number of carbonyl (C=O) groups is 1. The lowest BCUT2D eigenvalue weighted by Crippen LogP contribution is -1.93. The van der Waals surface area contributed by atoms with E-state index in [4.69, 9.17) is 15.6 Å². The summed E-state index contributed by atoms with van der Waals surface area (Å²) in [6.45, 7) is 0. The monoisotopic (exact) mass is 151 g/mol. The molecule has 0 saturated carbocycles. The van der Waals surface area contributed by atoms with E-state index in [2.05, 4.69) is 0 Å². The second-order valence-corrected chi connectivity index (χ2v) is 2.27. The summed E-state index contributed by atoms with van der Waals surface area (Å²) >= 11 is 0. The number of hydrogen-bond acceptors (Lipinski definition) is 3. The molecule has 2 rings (SSSR count). The van der Waals surface area contributed by atoms with Crippen LogP contribution in [0.1, 0.15) is 10.4 Å². The lowest BCUT2D eigenvalue weighted by molar-refractivity contribution is 0.0696. The fraction of sp³-hybridized carbons (Fsp3) is 0. The van der Waals surface area contributed by atoms with Crippen LogP contribution in [0.25, 0.3) is 0 Å². The summed E-state index contributed by atoms with van der Waals surface area (Å²) in [6.07, 6.45) is 0. The van der Waals surface area contributed by atoms with Gasteiger partial charge in [-0.15, -0.1) is 0 Å². The van der Waals surface area contributed by atoms with E-state index in [1.54, 1.807) is 0 Å². The van der Waals surface area contributed by atoms with E-state index in [1.165, 1.54) is 12.1 Å². The van der Waals surface area contributed by atoms with Gasteiger partial charge in [0.25, 0.3) is 0 Å². The van der Waals surface area contributed by atoms with E-state index in [0.29, 0.717) is 17.2 Å². The van der Waals surface area contributed by atoms with Crippen molar-refractivity contribution in [1.29, 1.82) is 0 Å². The fourth-order valence-electron chi connectivity index (χ4n) is 0.937. The maximum absolute atomic E-state index is 10.4. The first-order chi connectivity index (χ1) is 5.20. The van der Waals surface area contributed by atoms with Gasteiger partial charge in [0, 0.05) is 0 Å². The van der Waals surface area contributed by atoms with Crippen LogP contribution in [0.3, 0.4) is 0 Å². The third-order valence-electron chi connectivity index (χ3n) is 1.54. The Morgan fingerprint density at radius 3 is 2.82 bits per heavy atom. The summed E-state index contributed by atoms with van der Waals surface area (Å²) in [5.74, 6) is -0.0823. The molecule has 1 aliphatic heterocycles. The molecule has 0 saturated heterocycles. The average molecular weight is 151 g/mol. The van der Waals surface area contributed by atoms with Crippen molar-refractivity contribution in [3.8, 4) is 11.5 Å². The number of carboxylic acids is 1. The van der Waals surface area contributed by atoms with Crippen molar-refractivity contribution in [1.82, 2.24) is 0 Å². The molecular weight excluding hydrogens is 146 g/mol. The summed E-state index contributed by atoms with van der Waals surface area (Å²) in [5.41, 5.74) is 6.09. The third-order valence-corrected chi connectivity index (χ3v) is 1.54. The standard InChI is InChI=1S/C7H5NO3/c8-4-2-1-3(7(9)10)5-6(4)11-5/h1-2H,8H2,(H,9,10). The highest BCUT2D eigenvalue weighted by Crippen LogP contribution is 2.52. The zero-order valence-corrected chi connectivity index (χ0v) is 5.50. The van der Waals surface area contributed by atoms with Gasteiger partial charge < -0.3 is 15.6 Å². The molecule has 1 aliphatic rings. The highest BCUT2D eigenvalue weighted by molar-refractivity contribution is 5.96. The number of anilines is 1. The Balaban J connectivity index is 2.57. The molecule has 1 heterocycles. The average Bonchev–Trinajstić information content (AvgIpc) is 2.66. The van der Waals surface area contributed by atoms with Crippen LogP contribution in [0.5, 0.6) is 11.5 Å². The Morgan fingerprint density at radius 1 is 1.45 bits per heavy atom. The first kappa shape index (κ1) is 6.03. The SMILES string of the molecule is Nc1ccc(C(=O)O)c2c1O2. The van der Waals surface area contributed by atoms with Crippen LogP contribution in [-0.4, -0.2) is 11.1 Å². The van der Waals surface area contributed by atoms with Crippen molar-refractivity contribution in [2.75, 3.05) is 5.73 Å². The second-order valence-electron chi connectivity index (χ2n) is 2.27. The van der Waals surface area contributed by atoms with E-state index in [-0.39, 0.29) is 5.56 Å². The number of nitrogens with two attached hydrogens (primary N) is 1. The third kappa shape index (κ3) is 0.724. The molecule has 3 N–H and O–H groups in total. The van der Waals surface area contributed by atoms with Gasteiger partial charge in [-0.3, -0.25) is 0 Å². The van der Waals surface area contributed by atoms with Gasteiger partial charge in [-0.1, -0.05) is 0 Å². The van der Waals surface area contributed by atoms with Gasteiger partial charge in [-0.2, -0.15) is 0 Å². The van der Waals surface area contributed by atoms with Crippen molar-refractivity contribution < 1.29 is 14.6 Å². The maximum atomic E-state index is 10.4. The van der Waals surface area contributed by atoms with Crippen molar-refractivity contribution in [3.05, 3.63) is 17.7 Å². The molecule has 0 aromatic heterocycles. The first-order valence-electron chi connectivity index (χ1n) is 3.04. The van der Waals surface area contributed by atoms with E-state index in [0.717, 1.165) is 0 Å². The normalized spacial score (nSPS) is 11.6. The second kappa shape index (κ2) is 1.66. The predicted octanol–water partition coefficient (Wildman–Crippen LogP) is 1.07. The molecule has 11 heavy (non-hydrogen) atoms. The molecule has 56 valence electrons. The topological polar surface area (TPSA) is 75.9 Å². The number of benzene rings is 1. The van der Waals surface area contributed by atoms with Gasteiger partial charge in [0.15, 0.2) is 11.5 Å². The maximum Gasteiger partial charge on any atom is 0.339 e. The van der Waals surface area contributed by atoms with Crippen molar-refractivity contribution in [2.24, 2.45) is 0 Å². The van der Waals surface area contributed by atoms with E-state index >= 15 is 0 Å². The number of carboxylic acid groups (broad SMARTS) is 1. The van der Waals surface area contributed by atoms with E-state index in [1.807, 2.05) is 0 Å². The van der Waals surface area contributed by atoms with Gasteiger partial charge in [0.2, 0.25) is 0 Å². The lowest BCUT2D eigenvalue weighted by atomic mass is 10.2. The summed E-state index contributed by atoms with van der Waals surface area (Å²) in [6, 6.07) is 2.96. The molecule has 0 spiro atoms. The highest BCUT2D eigenvalue weighted by Gasteiger charge is 2.30. The Morgan fingerprint density at radius 2 is 2.18 bits per heavy atom. The Hall–Kier alpha value is -1.71. The van der Waals surface area contributed by atoms with Crippen LogP contribution in [0.2, 0.25) is 0 Å². The minimum Gasteiger partial charge on any atom is -0.478 e. The molecule has 0 amide bonds. The van der Waals surface area contributed by atoms with Gasteiger partial charge in [0.1, 0.15) is 5.56 Å². The zero-order chi connectivity index (χ0) is 8.01. The van der Waals surface area contributed by atoms with Gasteiger partial charge in [-0.05, 0) is 12.1 Å². The zero-order valence-electron chi connectivity index (χ0n) is 5.50. The molecule has 0 bridgehead atoms. The molecule has 1 aromatic carbocycles. The van der Waals surface area contributed by atoms with Crippen molar-refractivity contribution in [3.63, 3.8) is 0 Å². The molecule has 4 heteroatoms. The van der Waals surface area contributed by atoms with Gasteiger partial charge >= 0.3 is 5.97 Å². The molecule has 0 radical (unpaired) electrons. The first-order valence-corrected chi connectivity index (χ1v) is 3.04. The molecule has 0 fully saturated rings. The van der Waals surface area contributed by atoms with Crippen LogP contribution >= 0.6 is 0 Å². The summed E-state index contributed by atoms with van der Waals surface area (Å²) in [4.78, 5) is 10.4. The number of rotatable bonds is 1. The van der Waals surface area contributed by atoms with Crippen molar-refractivity contribution in [2.45, 2.75) is 0 Å². The Kier molecular flexibility index (Phi) is 0.910. The minimum absolute atomic E-state index is 0.175. The molecule has 1 aromatic rings. The molecule has 0 aliphatic carbocycles. The van der Waals surface area contributed by atoms with Crippen LogP contribution in [0.4, 0.5) is 5.69 Å². The number of nitrogen functional groups attached to an aromatic ring is 1.